The van der Waals surface area contributed by atoms with Gasteiger partial charge in [-0.25, -0.2) is 4.39 Å². The minimum absolute atomic E-state index is 0.0500. The number of amides is 1. The Morgan fingerprint density at radius 1 is 1.04 bits per heavy atom. The van der Waals surface area contributed by atoms with Gasteiger partial charge in [0.25, 0.3) is 0 Å². The second-order valence-electron chi connectivity index (χ2n) is 7.22. The van der Waals surface area contributed by atoms with Gasteiger partial charge >= 0.3 is 0 Å². The number of thioether (sulfide) groups is 1. The van der Waals surface area contributed by atoms with E-state index < -0.39 is 0 Å². The molecule has 28 heavy (non-hydrogen) atoms. The van der Waals surface area contributed by atoms with Crippen LogP contribution in [0, 0.1) is 19.7 Å². The summed E-state index contributed by atoms with van der Waals surface area (Å²) in [6.45, 7) is 9.28. The van der Waals surface area contributed by atoms with E-state index in [1.807, 2.05) is 31.2 Å². The summed E-state index contributed by atoms with van der Waals surface area (Å²) < 4.78 is 12.9. The molecule has 0 spiro atoms. The molecule has 0 unspecified atom stereocenters. The monoisotopic (exact) mass is 401 g/mol. The van der Waals surface area contributed by atoms with Gasteiger partial charge in [-0.1, -0.05) is 12.1 Å². The minimum Gasteiger partial charge on any atom is -0.325 e. The van der Waals surface area contributed by atoms with Gasteiger partial charge in [-0.05, 0) is 55.3 Å². The summed E-state index contributed by atoms with van der Waals surface area (Å²) >= 11 is 1.75. The third kappa shape index (κ3) is 6.06. The number of carbonyl (C=O) groups excluding carboxylic acids is 1. The molecule has 1 saturated heterocycles. The second-order valence-corrected chi connectivity index (χ2v) is 8.38. The molecule has 1 amide bonds. The van der Waals surface area contributed by atoms with E-state index in [1.165, 1.54) is 17.7 Å². The van der Waals surface area contributed by atoms with Gasteiger partial charge < -0.3 is 5.32 Å². The summed E-state index contributed by atoms with van der Waals surface area (Å²) in [6.07, 6.45) is 0. The van der Waals surface area contributed by atoms with Gasteiger partial charge in [0, 0.05) is 49.1 Å². The van der Waals surface area contributed by atoms with Gasteiger partial charge in [0.1, 0.15) is 5.82 Å². The molecule has 0 radical (unpaired) electrons. The zero-order valence-corrected chi connectivity index (χ0v) is 17.4. The van der Waals surface area contributed by atoms with E-state index in [9.17, 15) is 9.18 Å². The molecule has 1 fully saturated rings. The van der Waals surface area contributed by atoms with E-state index in [4.69, 9.17) is 0 Å². The highest BCUT2D eigenvalue weighted by atomic mass is 32.2. The summed E-state index contributed by atoms with van der Waals surface area (Å²) in [4.78, 5) is 18.1. The van der Waals surface area contributed by atoms with Crippen LogP contribution in [0.15, 0.2) is 47.4 Å². The lowest BCUT2D eigenvalue weighted by atomic mass is 10.1. The van der Waals surface area contributed by atoms with Crippen molar-refractivity contribution in [2.45, 2.75) is 18.7 Å². The van der Waals surface area contributed by atoms with E-state index in [2.05, 4.69) is 28.1 Å². The van der Waals surface area contributed by atoms with Gasteiger partial charge in [0.2, 0.25) is 5.91 Å². The second kappa shape index (κ2) is 10.0. The summed E-state index contributed by atoms with van der Waals surface area (Å²) in [5, 5.41) is 3.04. The first-order valence-electron chi connectivity index (χ1n) is 9.70. The van der Waals surface area contributed by atoms with Crippen molar-refractivity contribution in [1.82, 2.24) is 9.80 Å². The Kier molecular flexibility index (Phi) is 7.48. The average Bonchev–Trinajstić information content (AvgIpc) is 2.68. The van der Waals surface area contributed by atoms with Crippen molar-refractivity contribution in [1.29, 1.82) is 0 Å². The van der Waals surface area contributed by atoms with Crippen LogP contribution in [-0.2, 0) is 4.79 Å². The van der Waals surface area contributed by atoms with Gasteiger partial charge in [0.05, 0.1) is 6.54 Å². The molecule has 1 heterocycles. The molecular weight excluding hydrogens is 373 g/mol. The Labute approximate surface area is 171 Å². The van der Waals surface area contributed by atoms with Gasteiger partial charge in [-0.2, -0.15) is 0 Å². The smallest absolute Gasteiger partial charge is 0.238 e. The van der Waals surface area contributed by atoms with Crippen molar-refractivity contribution in [2.75, 3.05) is 50.3 Å². The standard InChI is InChI=1S/C22H28FN3OS/c1-17-4-3-5-21(18(17)2)24-22(27)16-26-12-10-25(11-13-26)14-15-28-20-8-6-19(23)7-9-20/h3-9H,10-16H2,1-2H3,(H,24,27). The predicted molar refractivity (Wildman–Crippen MR) is 115 cm³/mol. The van der Waals surface area contributed by atoms with Crippen LogP contribution in [0.1, 0.15) is 11.1 Å². The number of aryl methyl sites for hydroxylation is 1. The summed E-state index contributed by atoms with van der Waals surface area (Å²) in [7, 11) is 0. The van der Waals surface area contributed by atoms with E-state index in [0.717, 1.165) is 54.6 Å². The van der Waals surface area contributed by atoms with Crippen LogP contribution >= 0.6 is 11.8 Å². The lowest BCUT2D eigenvalue weighted by molar-refractivity contribution is -0.117. The van der Waals surface area contributed by atoms with Crippen molar-refractivity contribution in [3.05, 3.63) is 59.4 Å². The lowest BCUT2D eigenvalue weighted by Gasteiger charge is -2.34. The largest absolute Gasteiger partial charge is 0.325 e. The molecule has 0 atom stereocenters. The normalized spacial score (nSPS) is 15.5. The molecule has 0 bridgehead atoms. The first-order chi connectivity index (χ1) is 13.5. The molecule has 3 rings (SSSR count). The first-order valence-corrected chi connectivity index (χ1v) is 10.7. The number of carbonyl (C=O) groups is 1. The van der Waals surface area contributed by atoms with Crippen LogP contribution < -0.4 is 5.32 Å². The van der Waals surface area contributed by atoms with Gasteiger partial charge in [0.15, 0.2) is 0 Å². The van der Waals surface area contributed by atoms with Gasteiger partial charge in [-0.15, -0.1) is 11.8 Å². The zero-order valence-electron chi connectivity index (χ0n) is 16.6. The SMILES string of the molecule is Cc1cccc(NC(=O)CN2CCN(CCSc3ccc(F)cc3)CC2)c1C. The first kappa shape index (κ1) is 20.8. The highest BCUT2D eigenvalue weighted by Gasteiger charge is 2.19. The highest BCUT2D eigenvalue weighted by molar-refractivity contribution is 7.99. The number of nitrogens with one attached hydrogen (secondary N) is 1. The number of rotatable bonds is 7. The maximum absolute atomic E-state index is 12.9. The molecule has 2 aromatic rings. The molecule has 150 valence electrons. The number of halogens is 1. The fraction of sp³-hybridized carbons (Fsp3) is 0.409. The van der Waals surface area contributed by atoms with Crippen LogP contribution in [0.2, 0.25) is 0 Å². The Morgan fingerprint density at radius 2 is 1.71 bits per heavy atom. The van der Waals surface area contributed by atoms with Crippen molar-refractivity contribution in [3.8, 4) is 0 Å². The quantitative estimate of drug-likeness (QED) is 0.716. The fourth-order valence-corrected chi connectivity index (χ4v) is 4.19. The molecule has 1 aliphatic rings. The minimum atomic E-state index is -0.193. The number of anilines is 1. The Balaban J connectivity index is 1.36. The van der Waals surface area contributed by atoms with Crippen LogP contribution in [0.5, 0.6) is 0 Å². The number of benzene rings is 2. The highest BCUT2D eigenvalue weighted by Crippen LogP contribution is 2.19. The Morgan fingerprint density at radius 3 is 2.43 bits per heavy atom. The molecule has 1 aliphatic heterocycles. The number of hydrogen-bond acceptors (Lipinski definition) is 4. The van der Waals surface area contributed by atoms with Crippen molar-refractivity contribution in [2.24, 2.45) is 0 Å². The summed E-state index contributed by atoms with van der Waals surface area (Å²) in [5.41, 5.74) is 3.21. The molecule has 0 aliphatic carbocycles. The molecular formula is C22H28FN3OS. The fourth-order valence-electron chi connectivity index (χ4n) is 3.27. The maximum atomic E-state index is 12.9. The molecule has 1 N–H and O–H groups in total. The summed E-state index contributed by atoms with van der Waals surface area (Å²) in [5.74, 6) is 0.842. The van der Waals surface area contributed by atoms with E-state index in [1.54, 1.807) is 11.8 Å². The zero-order chi connectivity index (χ0) is 19.9. The molecule has 0 saturated carbocycles. The van der Waals surface area contributed by atoms with E-state index in [-0.39, 0.29) is 11.7 Å². The maximum Gasteiger partial charge on any atom is 0.238 e. The number of piperazine rings is 1. The Bertz CT molecular complexity index is 789. The molecule has 4 nitrogen and oxygen atoms in total. The van der Waals surface area contributed by atoms with Crippen molar-refractivity contribution < 1.29 is 9.18 Å². The third-order valence-corrected chi connectivity index (χ3v) is 6.19. The molecule has 6 heteroatoms. The van der Waals surface area contributed by atoms with Crippen molar-refractivity contribution in [3.63, 3.8) is 0 Å². The predicted octanol–water partition coefficient (Wildman–Crippen LogP) is 3.79. The number of hydrogen-bond donors (Lipinski definition) is 1. The van der Waals surface area contributed by atoms with Crippen LogP contribution in [0.3, 0.4) is 0 Å². The van der Waals surface area contributed by atoms with E-state index >= 15 is 0 Å². The molecule has 2 aromatic carbocycles. The number of nitrogens with zero attached hydrogens (tertiary/aromatic N) is 2. The van der Waals surface area contributed by atoms with E-state index in [0.29, 0.717) is 6.54 Å². The summed E-state index contributed by atoms with van der Waals surface area (Å²) in [6, 6.07) is 12.6. The lowest BCUT2D eigenvalue weighted by Crippen LogP contribution is -2.49. The van der Waals surface area contributed by atoms with Gasteiger partial charge in [-0.3, -0.25) is 14.6 Å². The van der Waals surface area contributed by atoms with Crippen LogP contribution in [0.4, 0.5) is 10.1 Å². The molecule has 0 aromatic heterocycles. The van der Waals surface area contributed by atoms with Crippen LogP contribution in [-0.4, -0.2) is 60.7 Å². The third-order valence-electron chi connectivity index (χ3n) is 5.20. The average molecular weight is 402 g/mol. The Hall–Kier alpha value is -1.89. The van der Waals surface area contributed by atoms with Crippen LogP contribution in [0.25, 0.3) is 0 Å². The topological polar surface area (TPSA) is 35.6 Å². The van der Waals surface area contributed by atoms with Crippen molar-refractivity contribution >= 4 is 23.4 Å².